The molecule has 2 heterocycles. The topological polar surface area (TPSA) is 63.1 Å². The van der Waals surface area contributed by atoms with Crippen molar-refractivity contribution in [2.45, 2.75) is 24.0 Å². The molecule has 0 saturated carbocycles. The second-order valence-electron chi connectivity index (χ2n) is 6.54. The Morgan fingerprint density at radius 2 is 1.87 bits per heavy atom. The molecule has 1 N–H and O–H groups in total. The van der Waals surface area contributed by atoms with Gasteiger partial charge in [-0.25, -0.2) is 14.2 Å². The molecule has 10 heteroatoms. The third kappa shape index (κ3) is 3.95. The van der Waals surface area contributed by atoms with Crippen LogP contribution in [-0.4, -0.2) is 19.6 Å². The molecule has 0 aliphatic rings. The van der Waals surface area contributed by atoms with Crippen LogP contribution in [0, 0.1) is 12.7 Å². The highest BCUT2D eigenvalue weighted by Crippen LogP contribution is 2.31. The molecule has 2 aromatic carbocycles. The Labute approximate surface area is 171 Å². The predicted molar refractivity (Wildman–Crippen MR) is 105 cm³/mol. The molecule has 0 aliphatic carbocycles. The lowest BCUT2D eigenvalue weighted by Gasteiger charge is -2.08. The fraction of sp³-hybridized carbons (Fsp3) is 0.150. The van der Waals surface area contributed by atoms with Crippen molar-refractivity contribution in [1.29, 1.82) is 0 Å². The number of hydrogen-bond acceptors (Lipinski definition) is 4. The van der Waals surface area contributed by atoms with E-state index in [2.05, 4.69) is 15.1 Å². The fourth-order valence-electron chi connectivity index (χ4n) is 3.04. The van der Waals surface area contributed by atoms with Crippen molar-refractivity contribution in [3.63, 3.8) is 0 Å². The van der Waals surface area contributed by atoms with Gasteiger partial charge in [0.1, 0.15) is 5.82 Å². The molecule has 0 atom stereocenters. The summed E-state index contributed by atoms with van der Waals surface area (Å²) < 4.78 is 53.1. The summed E-state index contributed by atoms with van der Waals surface area (Å²) in [4.78, 5) is 19.4. The van der Waals surface area contributed by atoms with Crippen molar-refractivity contribution in [3.05, 3.63) is 81.7 Å². The van der Waals surface area contributed by atoms with E-state index in [1.54, 1.807) is 25.1 Å². The molecule has 0 unspecified atom stereocenters. The van der Waals surface area contributed by atoms with E-state index >= 15 is 0 Å². The average Bonchev–Trinajstić information content (AvgIpc) is 3.03. The van der Waals surface area contributed by atoms with Crippen molar-refractivity contribution in [2.24, 2.45) is 0 Å². The summed E-state index contributed by atoms with van der Waals surface area (Å²) in [7, 11) is 0. The number of fused-ring (bicyclic) bond motifs is 1. The minimum Gasteiger partial charge on any atom is -0.285 e. The SMILES string of the molecule is Cc1nn2c(=O)[nH]c(SCc3cccc(C(F)(F)F)c3)nc2c1-c1ccc(F)cc1. The number of aryl methyl sites for hydroxylation is 1. The van der Waals surface area contributed by atoms with Gasteiger partial charge in [0, 0.05) is 11.3 Å². The number of H-pyrrole nitrogens is 1. The molecule has 0 bridgehead atoms. The van der Waals surface area contributed by atoms with E-state index in [0.717, 1.165) is 28.4 Å². The summed E-state index contributed by atoms with van der Waals surface area (Å²) in [5.41, 5.74) is 1.25. The van der Waals surface area contributed by atoms with Crippen molar-refractivity contribution >= 4 is 17.4 Å². The summed E-state index contributed by atoms with van der Waals surface area (Å²) >= 11 is 1.10. The van der Waals surface area contributed by atoms with Crippen LogP contribution >= 0.6 is 11.8 Å². The van der Waals surface area contributed by atoms with Crippen LogP contribution in [0.3, 0.4) is 0 Å². The molecule has 0 aliphatic heterocycles. The first kappa shape index (κ1) is 20.1. The molecule has 0 amide bonds. The minimum atomic E-state index is -4.43. The van der Waals surface area contributed by atoms with Crippen LogP contribution in [0.4, 0.5) is 17.6 Å². The van der Waals surface area contributed by atoms with Crippen LogP contribution in [0.5, 0.6) is 0 Å². The van der Waals surface area contributed by atoms with E-state index in [-0.39, 0.29) is 16.6 Å². The van der Waals surface area contributed by atoms with E-state index in [1.165, 1.54) is 18.2 Å². The molecule has 0 saturated heterocycles. The van der Waals surface area contributed by atoms with Crippen LogP contribution < -0.4 is 5.69 Å². The first-order chi connectivity index (χ1) is 14.2. The Hall–Kier alpha value is -3.14. The number of alkyl halides is 3. The van der Waals surface area contributed by atoms with Gasteiger partial charge in [-0.15, -0.1) is 0 Å². The molecule has 154 valence electrons. The molecule has 0 radical (unpaired) electrons. The minimum absolute atomic E-state index is 0.183. The number of nitrogens with one attached hydrogen (secondary N) is 1. The zero-order valence-electron chi connectivity index (χ0n) is 15.5. The lowest BCUT2D eigenvalue weighted by molar-refractivity contribution is -0.137. The van der Waals surface area contributed by atoms with Crippen LogP contribution in [-0.2, 0) is 11.9 Å². The zero-order valence-corrected chi connectivity index (χ0v) is 16.3. The van der Waals surface area contributed by atoms with E-state index < -0.39 is 23.2 Å². The number of hydrogen-bond donors (Lipinski definition) is 1. The lowest BCUT2D eigenvalue weighted by Crippen LogP contribution is -2.19. The number of aromatic nitrogens is 4. The Morgan fingerprint density at radius 3 is 2.57 bits per heavy atom. The molecule has 5 nitrogen and oxygen atoms in total. The van der Waals surface area contributed by atoms with Crippen LogP contribution in [0.25, 0.3) is 16.8 Å². The molecule has 4 rings (SSSR count). The Balaban J connectivity index is 1.68. The van der Waals surface area contributed by atoms with Gasteiger partial charge in [-0.05, 0) is 36.2 Å². The maximum atomic E-state index is 13.3. The summed E-state index contributed by atoms with van der Waals surface area (Å²) in [5.74, 6) is -0.210. The Kier molecular flexibility index (Phi) is 5.10. The smallest absolute Gasteiger partial charge is 0.285 e. The third-order valence-corrected chi connectivity index (χ3v) is 5.36. The number of benzene rings is 2. The van der Waals surface area contributed by atoms with Gasteiger partial charge in [-0.3, -0.25) is 4.98 Å². The molecular weight excluding hydrogens is 420 g/mol. The van der Waals surface area contributed by atoms with Gasteiger partial charge in [-0.1, -0.05) is 42.1 Å². The van der Waals surface area contributed by atoms with E-state index in [0.29, 0.717) is 22.4 Å². The first-order valence-electron chi connectivity index (χ1n) is 8.77. The standard InChI is InChI=1S/C20H14F4N4OS/c1-11-16(13-5-7-15(21)8-6-13)17-25-18(26-19(29)28(17)27-11)30-10-12-3-2-4-14(9-12)20(22,23)24/h2-9H,10H2,1H3,(H,25,26,29). The molecule has 2 aromatic heterocycles. The second kappa shape index (κ2) is 7.60. The largest absolute Gasteiger partial charge is 0.416 e. The van der Waals surface area contributed by atoms with Crippen LogP contribution in [0.1, 0.15) is 16.8 Å². The summed E-state index contributed by atoms with van der Waals surface area (Å²) in [6, 6.07) is 10.7. The first-order valence-corrected chi connectivity index (χ1v) is 9.75. The van der Waals surface area contributed by atoms with Gasteiger partial charge < -0.3 is 0 Å². The van der Waals surface area contributed by atoms with Crippen molar-refractivity contribution < 1.29 is 17.6 Å². The van der Waals surface area contributed by atoms with Crippen LogP contribution in [0.2, 0.25) is 0 Å². The number of thioether (sulfide) groups is 1. The lowest BCUT2D eigenvalue weighted by atomic mass is 10.1. The van der Waals surface area contributed by atoms with Crippen molar-refractivity contribution in [3.8, 4) is 11.1 Å². The molecular formula is C20H14F4N4OS. The normalized spacial score (nSPS) is 11.9. The molecule has 0 spiro atoms. The number of halogens is 4. The average molecular weight is 434 g/mol. The van der Waals surface area contributed by atoms with Gasteiger partial charge in [-0.2, -0.15) is 22.8 Å². The van der Waals surface area contributed by atoms with E-state index in [1.807, 2.05) is 0 Å². The predicted octanol–water partition coefficient (Wildman–Crippen LogP) is 4.84. The molecule has 0 fully saturated rings. The van der Waals surface area contributed by atoms with Gasteiger partial charge in [0.05, 0.1) is 11.3 Å². The highest BCUT2D eigenvalue weighted by molar-refractivity contribution is 7.98. The second-order valence-corrected chi connectivity index (χ2v) is 7.50. The van der Waals surface area contributed by atoms with E-state index in [9.17, 15) is 22.4 Å². The summed E-state index contributed by atoms with van der Waals surface area (Å²) in [6.45, 7) is 1.71. The Morgan fingerprint density at radius 1 is 1.13 bits per heavy atom. The van der Waals surface area contributed by atoms with Crippen molar-refractivity contribution in [1.82, 2.24) is 19.6 Å². The zero-order chi connectivity index (χ0) is 21.5. The van der Waals surface area contributed by atoms with Crippen molar-refractivity contribution in [2.75, 3.05) is 0 Å². The quantitative estimate of drug-likeness (QED) is 0.369. The summed E-state index contributed by atoms with van der Waals surface area (Å²) in [5, 5.41) is 4.44. The Bertz CT molecular complexity index is 1280. The fourth-order valence-corrected chi connectivity index (χ4v) is 3.83. The summed E-state index contributed by atoms with van der Waals surface area (Å²) in [6.07, 6.45) is -4.43. The van der Waals surface area contributed by atoms with Gasteiger partial charge >= 0.3 is 11.9 Å². The van der Waals surface area contributed by atoms with E-state index in [4.69, 9.17) is 0 Å². The monoisotopic (exact) mass is 434 g/mol. The highest BCUT2D eigenvalue weighted by Gasteiger charge is 2.30. The number of nitrogens with zero attached hydrogens (tertiary/aromatic N) is 3. The third-order valence-electron chi connectivity index (χ3n) is 4.41. The maximum Gasteiger partial charge on any atom is 0.416 e. The van der Waals surface area contributed by atoms with Gasteiger partial charge in [0.2, 0.25) is 0 Å². The molecule has 30 heavy (non-hydrogen) atoms. The highest BCUT2D eigenvalue weighted by atomic mass is 32.2. The number of aromatic amines is 1. The number of rotatable bonds is 4. The van der Waals surface area contributed by atoms with Crippen LogP contribution in [0.15, 0.2) is 58.5 Å². The van der Waals surface area contributed by atoms with Gasteiger partial charge in [0.15, 0.2) is 10.8 Å². The van der Waals surface area contributed by atoms with Gasteiger partial charge in [0.25, 0.3) is 0 Å². The molecule has 4 aromatic rings. The maximum absolute atomic E-state index is 13.3.